The molecule has 5 rings (SSSR count). The standard InChI is InChI=1S/C25H25N3O5S/c29-25(28-13-11-27(12-14-28)21-6-2-1-3-7-21)20-5-4-8-22(16-20)34(30,31)26-17-19-9-10-23-24(15-19)33-18-32-23/h1-10,15-16,26H,11-14,17-18H2. The van der Waals surface area contributed by atoms with Gasteiger partial charge in [0.15, 0.2) is 11.5 Å². The molecule has 0 spiro atoms. The van der Waals surface area contributed by atoms with Gasteiger partial charge in [-0.25, -0.2) is 13.1 Å². The van der Waals surface area contributed by atoms with Gasteiger partial charge in [0.2, 0.25) is 16.8 Å². The van der Waals surface area contributed by atoms with Crippen molar-refractivity contribution in [1.29, 1.82) is 0 Å². The van der Waals surface area contributed by atoms with Crippen LogP contribution in [0.15, 0.2) is 77.7 Å². The van der Waals surface area contributed by atoms with Crippen molar-refractivity contribution in [3.05, 3.63) is 83.9 Å². The molecule has 3 aromatic rings. The monoisotopic (exact) mass is 479 g/mol. The lowest BCUT2D eigenvalue weighted by atomic mass is 10.1. The van der Waals surface area contributed by atoms with Crippen molar-refractivity contribution >= 4 is 21.6 Å². The summed E-state index contributed by atoms with van der Waals surface area (Å²) in [6, 6.07) is 21.6. The molecule has 1 fully saturated rings. The number of ether oxygens (including phenoxy) is 2. The van der Waals surface area contributed by atoms with Gasteiger partial charge in [-0.15, -0.1) is 0 Å². The Labute approximate surface area is 198 Å². The number of hydrogen-bond acceptors (Lipinski definition) is 6. The van der Waals surface area contributed by atoms with E-state index in [9.17, 15) is 13.2 Å². The summed E-state index contributed by atoms with van der Waals surface area (Å²) in [5.74, 6) is 1.07. The van der Waals surface area contributed by atoms with Crippen LogP contribution in [0.3, 0.4) is 0 Å². The van der Waals surface area contributed by atoms with Crippen LogP contribution in [0.25, 0.3) is 0 Å². The predicted molar refractivity (Wildman–Crippen MR) is 128 cm³/mol. The van der Waals surface area contributed by atoms with Gasteiger partial charge in [-0.1, -0.05) is 30.3 Å². The minimum Gasteiger partial charge on any atom is -0.454 e. The quantitative estimate of drug-likeness (QED) is 0.585. The maximum atomic E-state index is 13.1. The Hall–Kier alpha value is -3.56. The lowest BCUT2D eigenvalue weighted by Crippen LogP contribution is -2.48. The summed E-state index contributed by atoms with van der Waals surface area (Å²) in [6.07, 6.45) is 0. The van der Waals surface area contributed by atoms with Crippen LogP contribution in [0.4, 0.5) is 5.69 Å². The van der Waals surface area contributed by atoms with Crippen molar-refractivity contribution in [1.82, 2.24) is 9.62 Å². The third-order valence-electron chi connectivity index (χ3n) is 5.98. The smallest absolute Gasteiger partial charge is 0.254 e. The van der Waals surface area contributed by atoms with E-state index in [0.29, 0.717) is 30.2 Å². The Bertz CT molecular complexity index is 1290. The van der Waals surface area contributed by atoms with E-state index in [0.717, 1.165) is 24.3 Å². The van der Waals surface area contributed by atoms with Crippen LogP contribution in [0.2, 0.25) is 0 Å². The highest BCUT2D eigenvalue weighted by atomic mass is 32.2. The van der Waals surface area contributed by atoms with E-state index in [4.69, 9.17) is 9.47 Å². The maximum absolute atomic E-state index is 13.1. The van der Waals surface area contributed by atoms with Crippen LogP contribution in [0, 0.1) is 0 Å². The van der Waals surface area contributed by atoms with E-state index in [1.807, 2.05) is 18.2 Å². The molecule has 0 unspecified atom stereocenters. The Morgan fingerprint density at radius 2 is 1.62 bits per heavy atom. The van der Waals surface area contributed by atoms with Crippen LogP contribution in [-0.4, -0.2) is 52.2 Å². The zero-order chi connectivity index (χ0) is 23.5. The first kappa shape index (κ1) is 22.2. The molecular weight excluding hydrogens is 454 g/mol. The summed E-state index contributed by atoms with van der Waals surface area (Å²) in [5.41, 5.74) is 2.24. The molecule has 8 nitrogen and oxygen atoms in total. The van der Waals surface area contributed by atoms with E-state index in [2.05, 4.69) is 21.8 Å². The van der Waals surface area contributed by atoms with Crippen molar-refractivity contribution in [2.75, 3.05) is 37.9 Å². The van der Waals surface area contributed by atoms with Crippen molar-refractivity contribution < 1.29 is 22.7 Å². The molecule has 2 aliphatic rings. The summed E-state index contributed by atoms with van der Waals surface area (Å²) in [6.45, 7) is 2.86. The highest BCUT2D eigenvalue weighted by molar-refractivity contribution is 7.89. The fourth-order valence-corrected chi connectivity index (χ4v) is 5.16. The SMILES string of the molecule is O=C(c1cccc(S(=O)(=O)NCc2ccc3c(c2)OCO3)c1)N1CCN(c2ccccc2)CC1. The van der Waals surface area contributed by atoms with Gasteiger partial charge in [0.05, 0.1) is 4.90 Å². The minimum absolute atomic E-state index is 0.0574. The number of anilines is 1. The van der Waals surface area contributed by atoms with Crippen LogP contribution in [-0.2, 0) is 16.6 Å². The van der Waals surface area contributed by atoms with E-state index < -0.39 is 10.0 Å². The lowest BCUT2D eigenvalue weighted by molar-refractivity contribution is 0.0746. The van der Waals surface area contributed by atoms with E-state index in [-0.39, 0.29) is 24.1 Å². The van der Waals surface area contributed by atoms with Crippen molar-refractivity contribution in [2.45, 2.75) is 11.4 Å². The number of hydrogen-bond donors (Lipinski definition) is 1. The maximum Gasteiger partial charge on any atom is 0.254 e. The number of amides is 1. The Morgan fingerprint density at radius 3 is 2.41 bits per heavy atom. The highest BCUT2D eigenvalue weighted by Gasteiger charge is 2.24. The minimum atomic E-state index is -3.81. The van der Waals surface area contributed by atoms with Crippen LogP contribution >= 0.6 is 0 Å². The molecule has 0 atom stereocenters. The molecule has 0 radical (unpaired) electrons. The average molecular weight is 480 g/mol. The average Bonchev–Trinajstić information content (AvgIpc) is 3.36. The van der Waals surface area contributed by atoms with E-state index in [1.54, 1.807) is 35.2 Å². The first-order chi connectivity index (χ1) is 16.5. The molecule has 1 saturated heterocycles. The number of piperazine rings is 1. The predicted octanol–water partition coefficient (Wildman–Crippen LogP) is 2.86. The summed E-state index contributed by atoms with van der Waals surface area (Å²) in [4.78, 5) is 17.1. The van der Waals surface area contributed by atoms with Crippen molar-refractivity contribution in [3.63, 3.8) is 0 Å². The van der Waals surface area contributed by atoms with Gasteiger partial charge in [-0.3, -0.25) is 4.79 Å². The molecule has 1 N–H and O–H groups in total. The molecule has 0 saturated carbocycles. The molecule has 34 heavy (non-hydrogen) atoms. The largest absolute Gasteiger partial charge is 0.454 e. The molecule has 9 heteroatoms. The number of benzene rings is 3. The van der Waals surface area contributed by atoms with Gasteiger partial charge >= 0.3 is 0 Å². The summed E-state index contributed by atoms with van der Waals surface area (Å²) in [7, 11) is -3.81. The molecule has 2 heterocycles. The molecule has 0 aromatic heterocycles. The normalized spacial score (nSPS) is 15.4. The number of nitrogens with zero attached hydrogens (tertiary/aromatic N) is 2. The fraction of sp³-hybridized carbons (Fsp3) is 0.240. The fourth-order valence-electron chi connectivity index (χ4n) is 4.10. The number of para-hydroxylation sites is 1. The topological polar surface area (TPSA) is 88.2 Å². The molecule has 0 aliphatic carbocycles. The van der Waals surface area contributed by atoms with Gasteiger partial charge < -0.3 is 19.3 Å². The third-order valence-corrected chi connectivity index (χ3v) is 7.38. The summed E-state index contributed by atoms with van der Waals surface area (Å²) < 4.78 is 39.0. The first-order valence-corrected chi connectivity index (χ1v) is 12.6. The zero-order valence-electron chi connectivity index (χ0n) is 18.5. The van der Waals surface area contributed by atoms with Gasteiger partial charge in [0, 0.05) is 44.0 Å². The molecule has 176 valence electrons. The molecular formula is C25H25N3O5S. The molecule has 3 aromatic carbocycles. The Kier molecular flexibility index (Phi) is 6.12. The van der Waals surface area contributed by atoms with Crippen LogP contribution < -0.4 is 19.1 Å². The Balaban J connectivity index is 1.23. The number of sulfonamides is 1. The highest BCUT2D eigenvalue weighted by Crippen LogP contribution is 2.32. The van der Waals surface area contributed by atoms with Gasteiger partial charge in [0.1, 0.15) is 0 Å². The molecule has 0 bridgehead atoms. The second-order valence-corrected chi connectivity index (χ2v) is 9.92. The summed E-state index contributed by atoms with van der Waals surface area (Å²) in [5, 5.41) is 0. The lowest BCUT2D eigenvalue weighted by Gasteiger charge is -2.36. The third kappa shape index (κ3) is 4.71. The summed E-state index contributed by atoms with van der Waals surface area (Å²) >= 11 is 0. The van der Waals surface area contributed by atoms with Gasteiger partial charge in [0.25, 0.3) is 5.91 Å². The van der Waals surface area contributed by atoms with Gasteiger partial charge in [-0.05, 0) is 48.0 Å². The van der Waals surface area contributed by atoms with Crippen LogP contribution in [0.1, 0.15) is 15.9 Å². The van der Waals surface area contributed by atoms with E-state index in [1.165, 1.54) is 12.1 Å². The number of fused-ring (bicyclic) bond motifs is 1. The van der Waals surface area contributed by atoms with Crippen LogP contribution in [0.5, 0.6) is 11.5 Å². The number of carbonyl (C=O) groups is 1. The van der Waals surface area contributed by atoms with Crippen molar-refractivity contribution in [3.8, 4) is 11.5 Å². The molecule has 1 amide bonds. The van der Waals surface area contributed by atoms with Gasteiger partial charge in [-0.2, -0.15) is 0 Å². The second kappa shape index (κ2) is 9.36. The zero-order valence-corrected chi connectivity index (χ0v) is 19.3. The second-order valence-electron chi connectivity index (χ2n) is 8.15. The number of carbonyl (C=O) groups excluding carboxylic acids is 1. The number of rotatable bonds is 6. The Morgan fingerprint density at radius 1 is 0.853 bits per heavy atom. The first-order valence-electron chi connectivity index (χ1n) is 11.1. The van der Waals surface area contributed by atoms with Crippen molar-refractivity contribution in [2.24, 2.45) is 0 Å². The van der Waals surface area contributed by atoms with E-state index >= 15 is 0 Å². The number of nitrogens with one attached hydrogen (secondary N) is 1. The molecule has 2 aliphatic heterocycles.